The fourth-order valence-corrected chi connectivity index (χ4v) is 2.85. The van der Waals surface area contributed by atoms with Crippen LogP contribution in [-0.4, -0.2) is 15.5 Å². The first kappa shape index (κ1) is 20.9. The molecule has 2 aromatic rings. The molecule has 0 radical (unpaired) electrons. The normalized spacial score (nSPS) is 11.4. The van der Waals surface area contributed by atoms with Gasteiger partial charge in [-0.05, 0) is 55.2 Å². The predicted octanol–water partition coefficient (Wildman–Crippen LogP) is 4.32. The molecule has 0 spiro atoms. The molecule has 0 saturated heterocycles. The van der Waals surface area contributed by atoms with E-state index < -0.39 is 10.9 Å². The number of esters is 1. The van der Waals surface area contributed by atoms with E-state index in [2.05, 4.69) is 18.4 Å². The molecule has 0 atom stereocenters. The highest BCUT2D eigenvalue weighted by Gasteiger charge is 2.15. The molecule has 0 aliphatic rings. The third kappa shape index (κ3) is 5.07. The lowest BCUT2D eigenvalue weighted by molar-refractivity contribution is -0.384. The summed E-state index contributed by atoms with van der Waals surface area (Å²) in [5, 5.41) is 20.0. The summed E-state index contributed by atoms with van der Waals surface area (Å²) in [4.78, 5) is 22.4. The maximum Gasteiger partial charge on any atom is 0.349 e. The van der Waals surface area contributed by atoms with Crippen LogP contribution in [0.1, 0.15) is 36.4 Å². The van der Waals surface area contributed by atoms with E-state index in [9.17, 15) is 20.2 Å². The van der Waals surface area contributed by atoms with Gasteiger partial charge >= 0.3 is 5.97 Å². The van der Waals surface area contributed by atoms with Crippen molar-refractivity contribution in [3.05, 3.63) is 68.5 Å². The zero-order valence-electron chi connectivity index (χ0n) is 16.4. The van der Waals surface area contributed by atoms with Gasteiger partial charge in [0, 0.05) is 30.1 Å². The lowest BCUT2D eigenvalue weighted by atomic mass is 10.1. The van der Waals surface area contributed by atoms with E-state index in [0.717, 1.165) is 23.5 Å². The second-order valence-electron chi connectivity index (χ2n) is 7.00. The van der Waals surface area contributed by atoms with Crippen molar-refractivity contribution in [3.8, 4) is 6.07 Å². The summed E-state index contributed by atoms with van der Waals surface area (Å²) in [6.45, 7) is 9.00. The molecule has 146 valence electrons. The fraction of sp³-hybridized carbons (Fsp3) is 0.333. The van der Waals surface area contributed by atoms with Crippen LogP contribution in [-0.2, 0) is 22.7 Å². The molecular weight excluding hydrogens is 358 g/mol. The first-order valence-electron chi connectivity index (χ1n) is 8.92. The number of nitro benzene ring substituents is 1. The molecule has 0 aliphatic heterocycles. The van der Waals surface area contributed by atoms with Crippen LogP contribution in [0.15, 0.2) is 35.9 Å². The monoisotopic (exact) mass is 381 g/mol. The number of nitro groups is 1. The Hall–Kier alpha value is -3.40. The smallest absolute Gasteiger partial charge is 0.349 e. The Morgan fingerprint density at radius 1 is 1.32 bits per heavy atom. The van der Waals surface area contributed by atoms with Crippen molar-refractivity contribution in [1.29, 1.82) is 5.26 Å². The Morgan fingerprint density at radius 3 is 2.50 bits per heavy atom. The van der Waals surface area contributed by atoms with E-state index in [0.29, 0.717) is 11.5 Å². The Kier molecular flexibility index (Phi) is 6.72. The lowest BCUT2D eigenvalue weighted by Crippen LogP contribution is -2.08. The summed E-state index contributed by atoms with van der Waals surface area (Å²) in [5.74, 6) is -0.252. The minimum atomic E-state index is -0.727. The number of aromatic nitrogens is 1. The molecule has 7 heteroatoms. The summed E-state index contributed by atoms with van der Waals surface area (Å²) >= 11 is 0. The quantitative estimate of drug-likeness (QED) is 0.234. The molecule has 0 aliphatic carbocycles. The molecule has 0 amide bonds. The molecular formula is C21H23N3O4. The van der Waals surface area contributed by atoms with Crippen molar-refractivity contribution >= 4 is 17.7 Å². The van der Waals surface area contributed by atoms with Gasteiger partial charge in [0.1, 0.15) is 18.2 Å². The lowest BCUT2D eigenvalue weighted by Gasteiger charge is -2.12. The number of carbonyl (C=O) groups excluding carboxylic acids is 1. The third-order valence-electron chi connectivity index (χ3n) is 4.32. The van der Waals surface area contributed by atoms with Gasteiger partial charge in [0.2, 0.25) is 0 Å². The SMILES string of the molecule is Cc1cc(/C=C(\C#N)C(=O)OCc2ccc([N+](=O)[O-])cc2)c(C)n1CC(C)C. The predicted molar refractivity (Wildman–Crippen MR) is 105 cm³/mol. The number of aryl methyl sites for hydroxylation is 1. The van der Waals surface area contributed by atoms with Gasteiger partial charge in [0.05, 0.1) is 4.92 Å². The van der Waals surface area contributed by atoms with Crippen LogP contribution in [0.25, 0.3) is 6.08 Å². The zero-order valence-corrected chi connectivity index (χ0v) is 16.4. The molecule has 1 aromatic heterocycles. The summed E-state index contributed by atoms with van der Waals surface area (Å²) in [6.07, 6.45) is 1.54. The van der Waals surface area contributed by atoms with E-state index in [-0.39, 0.29) is 17.9 Å². The molecule has 28 heavy (non-hydrogen) atoms. The Morgan fingerprint density at radius 2 is 1.96 bits per heavy atom. The van der Waals surface area contributed by atoms with Gasteiger partial charge < -0.3 is 9.30 Å². The van der Waals surface area contributed by atoms with Crippen LogP contribution in [0.2, 0.25) is 0 Å². The van der Waals surface area contributed by atoms with E-state index in [1.165, 1.54) is 30.3 Å². The number of nitrogens with zero attached hydrogens (tertiary/aromatic N) is 3. The van der Waals surface area contributed by atoms with Gasteiger partial charge in [-0.2, -0.15) is 5.26 Å². The molecule has 0 bridgehead atoms. The molecule has 1 heterocycles. The standard InChI is InChI=1S/C21H23N3O4/c1-14(2)12-23-15(3)9-18(16(23)4)10-19(11-22)21(25)28-13-17-5-7-20(8-6-17)24(26)27/h5-10,14H,12-13H2,1-4H3/b19-10+. The first-order valence-corrected chi connectivity index (χ1v) is 8.92. The van der Waals surface area contributed by atoms with Crippen molar-refractivity contribution < 1.29 is 14.5 Å². The van der Waals surface area contributed by atoms with Crippen molar-refractivity contribution in [3.63, 3.8) is 0 Å². The number of benzene rings is 1. The number of non-ortho nitro benzene ring substituents is 1. The van der Waals surface area contributed by atoms with E-state index in [1.807, 2.05) is 26.0 Å². The largest absolute Gasteiger partial charge is 0.457 e. The number of carbonyl (C=O) groups is 1. The Balaban J connectivity index is 2.13. The Bertz CT molecular complexity index is 947. The molecule has 7 nitrogen and oxygen atoms in total. The summed E-state index contributed by atoms with van der Waals surface area (Å²) in [5.41, 5.74) is 3.33. The highest BCUT2D eigenvalue weighted by Crippen LogP contribution is 2.20. The van der Waals surface area contributed by atoms with Crippen LogP contribution >= 0.6 is 0 Å². The van der Waals surface area contributed by atoms with Gasteiger partial charge in [0.25, 0.3) is 5.69 Å². The van der Waals surface area contributed by atoms with Crippen LogP contribution < -0.4 is 0 Å². The van der Waals surface area contributed by atoms with Gasteiger partial charge in [-0.25, -0.2) is 4.79 Å². The topological polar surface area (TPSA) is 98.2 Å². The number of ether oxygens (including phenoxy) is 1. The molecule has 1 aromatic carbocycles. The van der Waals surface area contributed by atoms with E-state index in [4.69, 9.17) is 4.74 Å². The molecule has 0 fully saturated rings. The fourth-order valence-electron chi connectivity index (χ4n) is 2.85. The number of nitriles is 1. The van der Waals surface area contributed by atoms with Crippen molar-refractivity contribution in [2.75, 3.05) is 0 Å². The first-order chi connectivity index (χ1) is 13.2. The second-order valence-corrected chi connectivity index (χ2v) is 7.00. The summed E-state index contributed by atoms with van der Waals surface area (Å²) in [7, 11) is 0. The maximum atomic E-state index is 12.3. The number of rotatable bonds is 7. The second kappa shape index (κ2) is 9.00. The van der Waals surface area contributed by atoms with E-state index in [1.54, 1.807) is 0 Å². The minimum absolute atomic E-state index is 0.0376. The highest BCUT2D eigenvalue weighted by atomic mass is 16.6. The van der Waals surface area contributed by atoms with Crippen molar-refractivity contribution in [2.45, 2.75) is 40.8 Å². The van der Waals surface area contributed by atoms with Gasteiger partial charge in [-0.15, -0.1) is 0 Å². The maximum absolute atomic E-state index is 12.3. The number of hydrogen-bond acceptors (Lipinski definition) is 5. The average molecular weight is 381 g/mol. The molecule has 2 rings (SSSR count). The molecule has 0 N–H and O–H groups in total. The van der Waals surface area contributed by atoms with Gasteiger partial charge in [-0.1, -0.05) is 13.8 Å². The molecule has 0 unspecified atom stereocenters. The van der Waals surface area contributed by atoms with E-state index >= 15 is 0 Å². The summed E-state index contributed by atoms with van der Waals surface area (Å²) in [6, 6.07) is 9.55. The number of hydrogen-bond donors (Lipinski definition) is 0. The summed E-state index contributed by atoms with van der Waals surface area (Å²) < 4.78 is 7.35. The van der Waals surface area contributed by atoms with Crippen molar-refractivity contribution in [1.82, 2.24) is 4.57 Å². The van der Waals surface area contributed by atoms with Crippen LogP contribution in [0.3, 0.4) is 0 Å². The highest BCUT2D eigenvalue weighted by molar-refractivity contribution is 5.98. The molecule has 0 saturated carbocycles. The van der Waals surface area contributed by atoms with Crippen LogP contribution in [0.4, 0.5) is 5.69 Å². The zero-order chi connectivity index (χ0) is 20.8. The van der Waals surface area contributed by atoms with Crippen LogP contribution in [0, 0.1) is 41.2 Å². The van der Waals surface area contributed by atoms with Gasteiger partial charge in [-0.3, -0.25) is 10.1 Å². The third-order valence-corrected chi connectivity index (χ3v) is 4.32. The average Bonchev–Trinajstić information content (AvgIpc) is 2.91. The van der Waals surface area contributed by atoms with Crippen LogP contribution in [0.5, 0.6) is 0 Å². The minimum Gasteiger partial charge on any atom is -0.457 e. The van der Waals surface area contributed by atoms with Gasteiger partial charge in [0.15, 0.2) is 0 Å². The Labute approximate surface area is 164 Å². The van der Waals surface area contributed by atoms with Crippen molar-refractivity contribution in [2.24, 2.45) is 5.92 Å².